The van der Waals surface area contributed by atoms with Crippen LogP contribution < -0.4 is 15.8 Å². The number of nitrogens with one attached hydrogen (secondary N) is 2. The van der Waals surface area contributed by atoms with Crippen LogP contribution in [0.1, 0.15) is 13.3 Å². The standard InChI is InChI=1S/C10H17ClN4O2S.ClH/c1-2-3-13-4-5-15-18(16,17)9-6-8(11)7-14-10(9)12;/h6-7,13,15H,2-5H2,1H3,(H2,12,14);1H. The second kappa shape index (κ2) is 8.55. The normalized spacial score (nSPS) is 11.1. The van der Waals surface area contributed by atoms with Gasteiger partial charge in [-0.15, -0.1) is 12.4 Å². The predicted octanol–water partition coefficient (Wildman–Crippen LogP) is 1.02. The van der Waals surface area contributed by atoms with Crippen molar-refractivity contribution in [1.82, 2.24) is 15.0 Å². The van der Waals surface area contributed by atoms with Gasteiger partial charge in [0, 0.05) is 19.3 Å². The molecule has 0 aliphatic carbocycles. The number of pyridine rings is 1. The zero-order chi connectivity index (χ0) is 13.6. The van der Waals surface area contributed by atoms with Crippen LogP contribution in [0.15, 0.2) is 17.2 Å². The summed E-state index contributed by atoms with van der Waals surface area (Å²) in [7, 11) is -3.66. The van der Waals surface area contributed by atoms with E-state index in [0.29, 0.717) is 6.54 Å². The van der Waals surface area contributed by atoms with Gasteiger partial charge in [-0.25, -0.2) is 18.1 Å². The van der Waals surface area contributed by atoms with E-state index in [2.05, 4.69) is 15.0 Å². The van der Waals surface area contributed by atoms with Crippen molar-refractivity contribution in [3.05, 3.63) is 17.3 Å². The SMILES string of the molecule is CCCNCCNS(=O)(=O)c1cc(Cl)cnc1N.Cl. The molecule has 9 heteroatoms. The van der Waals surface area contributed by atoms with Crippen LogP contribution in [0, 0.1) is 0 Å². The first-order valence-electron chi connectivity index (χ1n) is 5.58. The second-order valence-electron chi connectivity index (χ2n) is 3.68. The smallest absolute Gasteiger partial charge is 0.244 e. The lowest BCUT2D eigenvalue weighted by molar-refractivity contribution is 0.575. The summed E-state index contributed by atoms with van der Waals surface area (Å²) in [5.74, 6) is -0.0617. The molecular weight excluding hydrogens is 311 g/mol. The molecule has 0 amide bonds. The Morgan fingerprint density at radius 3 is 2.68 bits per heavy atom. The molecule has 110 valence electrons. The van der Waals surface area contributed by atoms with Crippen molar-refractivity contribution in [2.75, 3.05) is 25.4 Å². The third-order valence-corrected chi connectivity index (χ3v) is 3.86. The number of sulfonamides is 1. The number of nitrogen functional groups attached to an aromatic ring is 1. The monoisotopic (exact) mass is 328 g/mol. The van der Waals surface area contributed by atoms with Crippen LogP contribution >= 0.6 is 24.0 Å². The molecule has 6 nitrogen and oxygen atoms in total. The molecule has 1 rings (SSSR count). The minimum absolute atomic E-state index is 0. The van der Waals surface area contributed by atoms with Crippen LogP contribution in [0.3, 0.4) is 0 Å². The minimum atomic E-state index is -3.66. The molecule has 1 aromatic rings. The van der Waals surface area contributed by atoms with Crippen LogP contribution in [-0.2, 0) is 10.0 Å². The number of rotatable bonds is 7. The third-order valence-electron chi connectivity index (χ3n) is 2.16. The lowest BCUT2D eigenvalue weighted by atomic mass is 10.5. The van der Waals surface area contributed by atoms with Gasteiger partial charge in [-0.1, -0.05) is 18.5 Å². The maximum atomic E-state index is 11.9. The van der Waals surface area contributed by atoms with E-state index in [1.165, 1.54) is 12.3 Å². The summed E-state index contributed by atoms with van der Waals surface area (Å²) in [6, 6.07) is 1.28. The fraction of sp³-hybridized carbons (Fsp3) is 0.500. The van der Waals surface area contributed by atoms with E-state index >= 15 is 0 Å². The Bertz CT molecular complexity index is 496. The Morgan fingerprint density at radius 1 is 1.37 bits per heavy atom. The van der Waals surface area contributed by atoms with E-state index in [0.717, 1.165) is 13.0 Å². The summed E-state index contributed by atoms with van der Waals surface area (Å²) in [6.07, 6.45) is 2.30. The van der Waals surface area contributed by atoms with E-state index < -0.39 is 10.0 Å². The highest BCUT2D eigenvalue weighted by Gasteiger charge is 2.18. The molecule has 1 heterocycles. The maximum Gasteiger partial charge on any atom is 0.244 e. The van der Waals surface area contributed by atoms with E-state index in [4.69, 9.17) is 17.3 Å². The van der Waals surface area contributed by atoms with Gasteiger partial charge in [-0.2, -0.15) is 0 Å². The predicted molar refractivity (Wildman–Crippen MR) is 79.3 cm³/mol. The molecule has 0 unspecified atom stereocenters. The van der Waals surface area contributed by atoms with Gasteiger partial charge in [0.25, 0.3) is 0 Å². The first kappa shape index (κ1) is 18.4. The average Bonchev–Trinajstić information content (AvgIpc) is 2.32. The van der Waals surface area contributed by atoms with Crippen molar-refractivity contribution in [2.24, 2.45) is 0 Å². The van der Waals surface area contributed by atoms with Crippen molar-refractivity contribution in [3.63, 3.8) is 0 Å². The molecule has 0 bridgehead atoms. The van der Waals surface area contributed by atoms with Gasteiger partial charge in [0.05, 0.1) is 5.02 Å². The molecular formula is C10H18Cl2N4O2S. The Labute approximate surface area is 124 Å². The van der Waals surface area contributed by atoms with E-state index in [-0.39, 0.29) is 34.7 Å². The van der Waals surface area contributed by atoms with Crippen molar-refractivity contribution >= 4 is 39.8 Å². The maximum absolute atomic E-state index is 11.9. The fourth-order valence-electron chi connectivity index (χ4n) is 1.30. The minimum Gasteiger partial charge on any atom is -0.383 e. The average molecular weight is 329 g/mol. The third kappa shape index (κ3) is 5.92. The zero-order valence-electron chi connectivity index (χ0n) is 10.5. The molecule has 0 radical (unpaired) electrons. The van der Waals surface area contributed by atoms with Gasteiger partial charge in [0.2, 0.25) is 10.0 Å². The first-order chi connectivity index (χ1) is 8.47. The second-order valence-corrected chi connectivity index (χ2v) is 5.86. The summed E-state index contributed by atoms with van der Waals surface area (Å²) in [5, 5.41) is 3.32. The molecule has 0 spiro atoms. The number of anilines is 1. The molecule has 0 saturated carbocycles. The van der Waals surface area contributed by atoms with Gasteiger partial charge < -0.3 is 11.1 Å². The number of hydrogen-bond acceptors (Lipinski definition) is 5. The van der Waals surface area contributed by atoms with Crippen LogP contribution in [0.25, 0.3) is 0 Å². The highest BCUT2D eigenvalue weighted by Crippen LogP contribution is 2.19. The molecule has 0 saturated heterocycles. The van der Waals surface area contributed by atoms with Crippen molar-refractivity contribution in [2.45, 2.75) is 18.2 Å². The Hall–Kier alpha value is -0.600. The zero-order valence-corrected chi connectivity index (χ0v) is 12.9. The van der Waals surface area contributed by atoms with Gasteiger partial charge in [-0.05, 0) is 19.0 Å². The van der Waals surface area contributed by atoms with Crippen molar-refractivity contribution in [3.8, 4) is 0 Å². The molecule has 0 fully saturated rings. The Balaban J connectivity index is 0.00000324. The number of nitrogens with two attached hydrogens (primary N) is 1. The van der Waals surface area contributed by atoms with E-state index in [9.17, 15) is 8.42 Å². The summed E-state index contributed by atoms with van der Waals surface area (Å²) in [6.45, 7) is 3.73. The van der Waals surface area contributed by atoms with E-state index in [1.807, 2.05) is 6.92 Å². The molecule has 4 N–H and O–H groups in total. The van der Waals surface area contributed by atoms with Crippen LogP contribution in [0.2, 0.25) is 5.02 Å². The van der Waals surface area contributed by atoms with Gasteiger partial charge in [-0.3, -0.25) is 0 Å². The van der Waals surface area contributed by atoms with Gasteiger partial charge in [0.1, 0.15) is 10.7 Å². The molecule has 0 atom stereocenters. The lowest BCUT2D eigenvalue weighted by Crippen LogP contribution is -2.32. The highest BCUT2D eigenvalue weighted by molar-refractivity contribution is 7.89. The van der Waals surface area contributed by atoms with Crippen LogP contribution in [0.5, 0.6) is 0 Å². The Kier molecular flexibility index (Phi) is 8.28. The van der Waals surface area contributed by atoms with Crippen LogP contribution in [0.4, 0.5) is 5.82 Å². The lowest BCUT2D eigenvalue weighted by Gasteiger charge is -2.09. The number of nitrogens with zero attached hydrogens (tertiary/aromatic N) is 1. The molecule has 0 aliphatic heterocycles. The molecule has 0 aliphatic rings. The van der Waals surface area contributed by atoms with Crippen molar-refractivity contribution in [1.29, 1.82) is 0 Å². The Morgan fingerprint density at radius 2 is 2.05 bits per heavy atom. The first-order valence-corrected chi connectivity index (χ1v) is 7.45. The van der Waals surface area contributed by atoms with Gasteiger partial charge >= 0.3 is 0 Å². The van der Waals surface area contributed by atoms with E-state index in [1.54, 1.807) is 0 Å². The van der Waals surface area contributed by atoms with Crippen molar-refractivity contribution < 1.29 is 8.42 Å². The van der Waals surface area contributed by atoms with Crippen LogP contribution in [-0.4, -0.2) is 33.0 Å². The topological polar surface area (TPSA) is 97.1 Å². The largest absolute Gasteiger partial charge is 0.383 e. The summed E-state index contributed by atoms with van der Waals surface area (Å²) in [4.78, 5) is 3.62. The number of halogens is 2. The summed E-state index contributed by atoms with van der Waals surface area (Å²) in [5.41, 5.74) is 5.52. The molecule has 19 heavy (non-hydrogen) atoms. The highest BCUT2D eigenvalue weighted by atomic mass is 35.5. The number of aromatic nitrogens is 1. The molecule has 0 aromatic carbocycles. The number of hydrogen-bond donors (Lipinski definition) is 3. The van der Waals surface area contributed by atoms with Gasteiger partial charge in [0.15, 0.2) is 0 Å². The molecule has 1 aromatic heterocycles. The fourth-order valence-corrected chi connectivity index (χ4v) is 2.66. The summed E-state index contributed by atoms with van der Waals surface area (Å²) >= 11 is 5.70. The summed E-state index contributed by atoms with van der Waals surface area (Å²) < 4.78 is 26.3. The quantitative estimate of drug-likeness (QED) is 0.649.